The third-order valence-corrected chi connectivity index (χ3v) is 3.92. The van der Waals surface area contributed by atoms with Gasteiger partial charge in [0.05, 0.1) is 5.92 Å². The fourth-order valence-electron chi connectivity index (χ4n) is 2.68. The highest BCUT2D eigenvalue weighted by Crippen LogP contribution is 2.24. The summed E-state index contributed by atoms with van der Waals surface area (Å²) in [6.07, 6.45) is 3.22. The fourth-order valence-corrected chi connectivity index (χ4v) is 2.68. The van der Waals surface area contributed by atoms with Crippen molar-refractivity contribution in [1.29, 1.82) is 0 Å². The largest absolute Gasteiger partial charge is 0.356 e. The number of hydrogen-bond donors (Lipinski definition) is 2. The minimum atomic E-state index is -0.0498. The maximum absolute atomic E-state index is 12.2. The van der Waals surface area contributed by atoms with Crippen molar-refractivity contribution in [1.82, 2.24) is 10.2 Å². The molecule has 0 aliphatic carbocycles. The average Bonchev–Trinajstić information content (AvgIpc) is 2.34. The van der Waals surface area contributed by atoms with Gasteiger partial charge in [0.1, 0.15) is 0 Å². The quantitative estimate of drug-likeness (QED) is 0.794. The van der Waals surface area contributed by atoms with Gasteiger partial charge in [0.15, 0.2) is 0 Å². The molecule has 1 unspecified atom stereocenters. The van der Waals surface area contributed by atoms with E-state index in [-0.39, 0.29) is 17.2 Å². The number of rotatable bonds is 5. The molecule has 0 aromatic carbocycles. The predicted octanol–water partition coefficient (Wildman–Crippen LogP) is 1.46. The number of amides is 1. The molecular weight excluding hydrogens is 238 g/mol. The molecule has 0 bridgehead atoms. The Labute approximate surface area is 118 Å². The second-order valence-electron chi connectivity index (χ2n) is 7.19. The van der Waals surface area contributed by atoms with Gasteiger partial charge in [0, 0.05) is 13.1 Å². The number of carbonyl (C=O) groups excluding carboxylic acids is 1. The molecule has 112 valence electrons. The number of carbonyl (C=O) groups is 1. The van der Waals surface area contributed by atoms with Crippen LogP contribution in [0.1, 0.15) is 40.0 Å². The topological polar surface area (TPSA) is 58.4 Å². The Hall–Kier alpha value is -0.610. The van der Waals surface area contributed by atoms with E-state index in [0.29, 0.717) is 12.5 Å². The van der Waals surface area contributed by atoms with Gasteiger partial charge in [0.2, 0.25) is 5.91 Å². The normalized spacial score (nSPS) is 20.3. The van der Waals surface area contributed by atoms with Crippen molar-refractivity contribution in [3.05, 3.63) is 0 Å². The van der Waals surface area contributed by atoms with E-state index in [1.807, 2.05) is 0 Å². The maximum Gasteiger partial charge on any atom is 0.224 e. The van der Waals surface area contributed by atoms with Crippen LogP contribution < -0.4 is 11.1 Å². The number of nitrogens with two attached hydrogens (primary N) is 1. The first-order valence-corrected chi connectivity index (χ1v) is 7.48. The highest BCUT2D eigenvalue weighted by atomic mass is 16.1. The van der Waals surface area contributed by atoms with Crippen LogP contribution in [0.4, 0.5) is 0 Å². The maximum atomic E-state index is 12.2. The molecule has 1 rings (SSSR count). The molecule has 4 nitrogen and oxygen atoms in total. The Kier molecular flexibility index (Phi) is 6.27. The molecule has 4 heteroatoms. The summed E-state index contributed by atoms with van der Waals surface area (Å²) >= 11 is 0. The van der Waals surface area contributed by atoms with Crippen LogP contribution in [0.3, 0.4) is 0 Å². The molecule has 0 radical (unpaired) electrons. The molecule has 0 aromatic rings. The van der Waals surface area contributed by atoms with Crippen molar-refractivity contribution in [2.45, 2.75) is 40.0 Å². The van der Waals surface area contributed by atoms with E-state index in [4.69, 9.17) is 5.73 Å². The predicted molar refractivity (Wildman–Crippen MR) is 79.8 cm³/mol. The van der Waals surface area contributed by atoms with Gasteiger partial charge >= 0.3 is 0 Å². The first-order valence-electron chi connectivity index (χ1n) is 7.48. The van der Waals surface area contributed by atoms with Crippen molar-refractivity contribution in [3.63, 3.8) is 0 Å². The average molecular weight is 269 g/mol. The van der Waals surface area contributed by atoms with E-state index in [2.05, 4.69) is 38.0 Å². The Morgan fingerprint density at radius 3 is 2.42 bits per heavy atom. The van der Waals surface area contributed by atoms with Crippen LogP contribution in [0.25, 0.3) is 0 Å². The summed E-state index contributed by atoms with van der Waals surface area (Å²) in [4.78, 5) is 14.5. The highest BCUT2D eigenvalue weighted by molar-refractivity contribution is 5.78. The molecule has 0 saturated carbocycles. The number of likely N-dealkylation sites (tertiary alicyclic amines) is 1. The molecule has 19 heavy (non-hydrogen) atoms. The van der Waals surface area contributed by atoms with E-state index in [0.717, 1.165) is 26.1 Å². The fraction of sp³-hybridized carbons (Fsp3) is 0.933. The summed E-state index contributed by atoms with van der Waals surface area (Å²) in [5, 5.41) is 3.10. The van der Waals surface area contributed by atoms with Gasteiger partial charge in [-0.3, -0.25) is 4.79 Å². The van der Waals surface area contributed by atoms with Crippen molar-refractivity contribution >= 4 is 5.91 Å². The number of nitrogens with one attached hydrogen (secondary N) is 1. The molecule has 1 amide bonds. The lowest BCUT2D eigenvalue weighted by atomic mass is 9.84. The first-order chi connectivity index (χ1) is 8.81. The third-order valence-electron chi connectivity index (χ3n) is 3.92. The zero-order valence-corrected chi connectivity index (χ0v) is 13.0. The van der Waals surface area contributed by atoms with E-state index in [1.165, 1.54) is 12.8 Å². The summed E-state index contributed by atoms with van der Waals surface area (Å²) < 4.78 is 0. The van der Waals surface area contributed by atoms with E-state index >= 15 is 0 Å². The minimum Gasteiger partial charge on any atom is -0.356 e. The standard InChI is InChI=1S/C15H31N3O/c1-15(2,3)9-13(10-16)14(19)17-11-12-5-7-18(4)8-6-12/h12-13H,5-11,16H2,1-4H3,(H,17,19). The van der Waals surface area contributed by atoms with Gasteiger partial charge < -0.3 is 16.0 Å². The summed E-state index contributed by atoms with van der Waals surface area (Å²) in [6.45, 7) is 10.00. The van der Waals surface area contributed by atoms with E-state index < -0.39 is 0 Å². The van der Waals surface area contributed by atoms with Crippen LogP contribution >= 0.6 is 0 Å². The van der Waals surface area contributed by atoms with Gasteiger partial charge in [0.25, 0.3) is 0 Å². The number of hydrogen-bond acceptors (Lipinski definition) is 3. The summed E-state index contributed by atoms with van der Waals surface area (Å²) in [7, 11) is 2.16. The molecule has 0 aromatic heterocycles. The smallest absolute Gasteiger partial charge is 0.224 e. The van der Waals surface area contributed by atoms with Crippen molar-refractivity contribution in [2.75, 3.05) is 33.2 Å². The van der Waals surface area contributed by atoms with Crippen LogP contribution in [0.5, 0.6) is 0 Å². The summed E-state index contributed by atoms with van der Waals surface area (Å²) in [6, 6.07) is 0. The molecule has 1 heterocycles. The van der Waals surface area contributed by atoms with Crippen molar-refractivity contribution in [2.24, 2.45) is 23.0 Å². The lowest BCUT2D eigenvalue weighted by Gasteiger charge is -2.30. The second-order valence-corrected chi connectivity index (χ2v) is 7.19. The van der Waals surface area contributed by atoms with Gasteiger partial charge in [-0.05, 0) is 50.7 Å². The SMILES string of the molecule is CN1CCC(CNC(=O)C(CN)CC(C)(C)C)CC1. The van der Waals surface area contributed by atoms with Gasteiger partial charge in [-0.1, -0.05) is 20.8 Å². The van der Waals surface area contributed by atoms with Crippen LogP contribution in [-0.2, 0) is 4.79 Å². The molecular formula is C15H31N3O. The molecule has 1 saturated heterocycles. The molecule has 1 atom stereocenters. The van der Waals surface area contributed by atoms with Crippen molar-refractivity contribution in [3.8, 4) is 0 Å². The van der Waals surface area contributed by atoms with Crippen LogP contribution in [0, 0.1) is 17.3 Å². The third kappa shape index (κ3) is 6.39. The molecule has 1 aliphatic heterocycles. The second kappa shape index (κ2) is 7.25. The van der Waals surface area contributed by atoms with Crippen LogP contribution in [0.15, 0.2) is 0 Å². The lowest BCUT2D eigenvalue weighted by Crippen LogP contribution is -2.41. The van der Waals surface area contributed by atoms with E-state index in [1.54, 1.807) is 0 Å². The van der Waals surface area contributed by atoms with Gasteiger partial charge in [-0.25, -0.2) is 0 Å². The summed E-state index contributed by atoms with van der Waals surface area (Å²) in [5.41, 5.74) is 5.89. The monoisotopic (exact) mass is 269 g/mol. The number of nitrogens with zero attached hydrogens (tertiary/aromatic N) is 1. The first kappa shape index (κ1) is 16.4. The molecule has 0 spiro atoms. The Morgan fingerprint density at radius 1 is 1.37 bits per heavy atom. The zero-order valence-electron chi connectivity index (χ0n) is 13.0. The Bertz CT molecular complexity index is 278. The molecule has 3 N–H and O–H groups in total. The highest BCUT2D eigenvalue weighted by Gasteiger charge is 2.24. The van der Waals surface area contributed by atoms with Crippen LogP contribution in [-0.4, -0.2) is 44.0 Å². The van der Waals surface area contributed by atoms with Crippen molar-refractivity contribution < 1.29 is 4.79 Å². The number of piperidine rings is 1. The zero-order chi connectivity index (χ0) is 14.5. The van der Waals surface area contributed by atoms with E-state index in [9.17, 15) is 4.79 Å². The van der Waals surface area contributed by atoms with Gasteiger partial charge in [-0.15, -0.1) is 0 Å². The summed E-state index contributed by atoms with van der Waals surface area (Å²) in [5.74, 6) is 0.718. The van der Waals surface area contributed by atoms with Gasteiger partial charge in [-0.2, -0.15) is 0 Å². The molecule has 1 aliphatic rings. The molecule has 1 fully saturated rings. The minimum absolute atomic E-state index is 0.0498. The van der Waals surface area contributed by atoms with Crippen LogP contribution in [0.2, 0.25) is 0 Å². The Balaban J connectivity index is 2.32. The lowest BCUT2D eigenvalue weighted by molar-refractivity contribution is -0.125. The Morgan fingerprint density at radius 2 is 1.95 bits per heavy atom.